The fraction of sp³-hybridized carbons (Fsp3) is 0.250. The maximum Gasteiger partial charge on any atom is 0.174 e. The van der Waals surface area contributed by atoms with Crippen LogP contribution < -0.4 is 9.62 Å². The molecule has 1 aliphatic rings. The summed E-state index contributed by atoms with van der Waals surface area (Å²) in [5, 5.41) is 0. The van der Waals surface area contributed by atoms with Crippen LogP contribution in [0.15, 0.2) is 18.2 Å². The number of methoxy groups -OCH3 is 1. The van der Waals surface area contributed by atoms with Gasteiger partial charge in [0.15, 0.2) is 5.75 Å². The second-order valence-corrected chi connectivity index (χ2v) is 2.28. The van der Waals surface area contributed by atoms with Crippen LogP contribution in [0.1, 0.15) is 5.56 Å². The van der Waals surface area contributed by atoms with E-state index in [0.29, 0.717) is 6.61 Å². The minimum atomic E-state index is 0.472. The van der Waals surface area contributed by atoms with Crippen LogP contribution in [0, 0.1) is 0 Å². The number of hydrogen-bond acceptors (Lipinski definition) is 3. The highest BCUT2D eigenvalue weighted by molar-refractivity contribution is 5.45. The lowest BCUT2D eigenvalue weighted by Crippen LogP contribution is -1.87. The van der Waals surface area contributed by atoms with Crippen LogP contribution in [0.4, 0.5) is 0 Å². The van der Waals surface area contributed by atoms with Gasteiger partial charge < -0.3 is 9.62 Å². The largest absolute Gasteiger partial charge is 0.496 e. The van der Waals surface area contributed by atoms with E-state index in [-0.39, 0.29) is 0 Å². The van der Waals surface area contributed by atoms with Crippen molar-refractivity contribution in [3.63, 3.8) is 0 Å². The first kappa shape index (κ1) is 6.49. The molecule has 1 aromatic carbocycles. The maximum absolute atomic E-state index is 5.10. The molecule has 0 saturated heterocycles. The molecule has 0 unspecified atom stereocenters. The Morgan fingerprint density at radius 1 is 1.45 bits per heavy atom. The molecule has 3 heteroatoms. The summed E-state index contributed by atoms with van der Waals surface area (Å²) in [6.07, 6.45) is 0. The Morgan fingerprint density at radius 3 is 3.18 bits per heavy atom. The van der Waals surface area contributed by atoms with Crippen molar-refractivity contribution in [2.75, 3.05) is 7.11 Å². The fourth-order valence-electron chi connectivity index (χ4n) is 1.11. The van der Waals surface area contributed by atoms with Crippen LogP contribution >= 0.6 is 0 Å². The molecule has 0 atom stereocenters. The first-order valence-electron chi connectivity index (χ1n) is 3.37. The normalized spacial score (nSPS) is 13.9. The second-order valence-electron chi connectivity index (χ2n) is 2.28. The topological polar surface area (TPSA) is 27.7 Å². The smallest absolute Gasteiger partial charge is 0.174 e. The molecule has 0 amide bonds. The molecule has 3 nitrogen and oxygen atoms in total. The Morgan fingerprint density at radius 2 is 2.36 bits per heavy atom. The van der Waals surface area contributed by atoms with Gasteiger partial charge in [0.25, 0.3) is 0 Å². The summed E-state index contributed by atoms with van der Waals surface area (Å²) in [5.41, 5.74) is 0.981. The van der Waals surface area contributed by atoms with E-state index in [9.17, 15) is 0 Å². The van der Waals surface area contributed by atoms with Crippen molar-refractivity contribution in [2.45, 2.75) is 6.61 Å². The van der Waals surface area contributed by atoms with Gasteiger partial charge in [-0.2, -0.15) is 4.89 Å². The predicted molar refractivity (Wildman–Crippen MR) is 38.4 cm³/mol. The van der Waals surface area contributed by atoms with Crippen molar-refractivity contribution < 1.29 is 14.5 Å². The number of hydrogen-bond donors (Lipinski definition) is 0. The van der Waals surface area contributed by atoms with Crippen molar-refractivity contribution in [3.05, 3.63) is 23.8 Å². The number of ether oxygens (including phenoxy) is 1. The van der Waals surface area contributed by atoms with Crippen LogP contribution in [0.2, 0.25) is 0 Å². The molecule has 0 N–H and O–H groups in total. The Kier molecular flexibility index (Phi) is 1.43. The monoisotopic (exact) mass is 152 g/mol. The van der Waals surface area contributed by atoms with Gasteiger partial charge in [0.05, 0.1) is 12.7 Å². The van der Waals surface area contributed by atoms with Crippen molar-refractivity contribution >= 4 is 0 Å². The van der Waals surface area contributed by atoms with E-state index in [1.165, 1.54) is 0 Å². The lowest BCUT2D eigenvalue weighted by atomic mass is 10.2. The van der Waals surface area contributed by atoms with E-state index in [4.69, 9.17) is 14.5 Å². The minimum absolute atomic E-state index is 0.472. The van der Waals surface area contributed by atoms with Crippen LogP contribution in [0.25, 0.3) is 0 Å². The summed E-state index contributed by atoms with van der Waals surface area (Å²) in [5.74, 6) is 1.57. The molecule has 0 spiro atoms. The number of rotatable bonds is 1. The van der Waals surface area contributed by atoms with E-state index in [1.807, 2.05) is 18.2 Å². The Balaban J connectivity index is 2.50. The van der Waals surface area contributed by atoms with Gasteiger partial charge in [-0.25, -0.2) is 0 Å². The van der Waals surface area contributed by atoms with Gasteiger partial charge in [0.1, 0.15) is 12.4 Å². The molecule has 58 valence electrons. The Hall–Kier alpha value is -1.22. The fourth-order valence-corrected chi connectivity index (χ4v) is 1.11. The third kappa shape index (κ3) is 0.935. The Labute approximate surface area is 64.4 Å². The molecule has 0 bridgehead atoms. The lowest BCUT2D eigenvalue weighted by molar-refractivity contribution is -0.194. The minimum Gasteiger partial charge on any atom is -0.496 e. The Bertz CT molecular complexity index is 270. The molecule has 1 aliphatic heterocycles. The molecule has 0 saturated carbocycles. The summed E-state index contributed by atoms with van der Waals surface area (Å²) >= 11 is 0. The number of benzene rings is 1. The maximum atomic E-state index is 5.10. The highest BCUT2D eigenvalue weighted by atomic mass is 17.2. The van der Waals surface area contributed by atoms with E-state index >= 15 is 0 Å². The number of fused-ring (bicyclic) bond motifs is 1. The standard InChI is InChI=1S/C8H8O3/c1-9-7-3-2-4-8-6(7)5-10-11-8/h2-4H,5H2,1H3. The molecule has 0 aliphatic carbocycles. The van der Waals surface area contributed by atoms with Crippen molar-refractivity contribution in [1.29, 1.82) is 0 Å². The first-order chi connectivity index (χ1) is 5.42. The molecular formula is C8H8O3. The van der Waals surface area contributed by atoms with Crippen molar-refractivity contribution in [2.24, 2.45) is 0 Å². The van der Waals surface area contributed by atoms with Gasteiger partial charge >= 0.3 is 0 Å². The van der Waals surface area contributed by atoms with Crippen LogP contribution in [-0.4, -0.2) is 7.11 Å². The molecule has 0 fully saturated rings. The van der Waals surface area contributed by atoms with Gasteiger partial charge in [-0.15, -0.1) is 0 Å². The summed E-state index contributed by atoms with van der Waals surface area (Å²) in [6.45, 7) is 0.472. The summed E-state index contributed by atoms with van der Waals surface area (Å²) in [6, 6.07) is 5.61. The lowest BCUT2D eigenvalue weighted by Gasteiger charge is -2.01. The summed E-state index contributed by atoms with van der Waals surface area (Å²) < 4.78 is 5.10. The molecular weight excluding hydrogens is 144 g/mol. The van der Waals surface area contributed by atoms with Gasteiger partial charge in [0.2, 0.25) is 0 Å². The van der Waals surface area contributed by atoms with Gasteiger partial charge in [0, 0.05) is 0 Å². The second kappa shape index (κ2) is 2.43. The van der Waals surface area contributed by atoms with E-state index in [2.05, 4.69) is 0 Å². The molecule has 11 heavy (non-hydrogen) atoms. The summed E-state index contributed by atoms with van der Waals surface area (Å²) in [4.78, 5) is 9.64. The highest BCUT2D eigenvalue weighted by Crippen LogP contribution is 2.33. The van der Waals surface area contributed by atoms with Gasteiger partial charge in [-0.05, 0) is 12.1 Å². The molecule has 0 aromatic heterocycles. The zero-order valence-corrected chi connectivity index (χ0v) is 6.16. The molecule has 0 radical (unpaired) electrons. The molecule has 1 aromatic rings. The van der Waals surface area contributed by atoms with Gasteiger partial charge in [-0.1, -0.05) is 6.07 Å². The zero-order chi connectivity index (χ0) is 7.68. The van der Waals surface area contributed by atoms with Crippen LogP contribution in [-0.2, 0) is 11.5 Å². The SMILES string of the molecule is COc1cccc2c1COO2. The average molecular weight is 152 g/mol. The first-order valence-corrected chi connectivity index (χ1v) is 3.37. The van der Waals surface area contributed by atoms with E-state index in [0.717, 1.165) is 17.1 Å². The van der Waals surface area contributed by atoms with Gasteiger partial charge in [-0.3, -0.25) is 0 Å². The van der Waals surface area contributed by atoms with E-state index in [1.54, 1.807) is 7.11 Å². The van der Waals surface area contributed by atoms with Crippen LogP contribution in [0.5, 0.6) is 11.5 Å². The van der Waals surface area contributed by atoms with Crippen molar-refractivity contribution in [3.8, 4) is 11.5 Å². The van der Waals surface area contributed by atoms with Crippen LogP contribution in [0.3, 0.4) is 0 Å². The third-order valence-electron chi connectivity index (χ3n) is 1.66. The zero-order valence-electron chi connectivity index (χ0n) is 6.16. The third-order valence-corrected chi connectivity index (χ3v) is 1.66. The molecule has 1 heterocycles. The quantitative estimate of drug-likeness (QED) is 0.571. The van der Waals surface area contributed by atoms with Crippen molar-refractivity contribution in [1.82, 2.24) is 0 Å². The highest BCUT2D eigenvalue weighted by Gasteiger charge is 2.17. The average Bonchev–Trinajstić information content (AvgIpc) is 2.50. The predicted octanol–water partition coefficient (Wildman–Crippen LogP) is 1.52. The summed E-state index contributed by atoms with van der Waals surface area (Å²) in [7, 11) is 1.63. The molecule has 2 rings (SSSR count). The van der Waals surface area contributed by atoms with E-state index < -0.39 is 0 Å².